The van der Waals surface area contributed by atoms with E-state index in [-0.39, 0.29) is 0 Å². The summed E-state index contributed by atoms with van der Waals surface area (Å²) >= 11 is 0. The van der Waals surface area contributed by atoms with Gasteiger partial charge >= 0.3 is 11.9 Å². The van der Waals surface area contributed by atoms with Crippen LogP contribution in [-0.2, 0) is 4.74 Å². The number of H-pyrrole nitrogens is 1. The topological polar surface area (TPSA) is 118 Å². The van der Waals surface area contributed by atoms with Crippen molar-refractivity contribution in [2.45, 2.75) is 0 Å². The lowest BCUT2D eigenvalue weighted by Crippen LogP contribution is -2.33. The molecular formula is C7H8N4O5. The van der Waals surface area contributed by atoms with E-state index in [0.717, 1.165) is 20.5 Å². The summed E-state index contributed by atoms with van der Waals surface area (Å²) in [7, 11) is 2.22. The SMILES string of the molecule is COC(=O)N(C)C(=O)c1nc[nH]c1[N+](=O)[O-]. The number of aromatic amines is 1. The lowest BCUT2D eigenvalue weighted by atomic mass is 10.4. The van der Waals surface area contributed by atoms with Crippen molar-refractivity contribution in [1.29, 1.82) is 0 Å². The molecule has 0 aliphatic carbocycles. The molecule has 0 bridgehead atoms. The zero-order chi connectivity index (χ0) is 12.3. The Balaban J connectivity index is 3.01. The lowest BCUT2D eigenvalue weighted by Gasteiger charge is -2.11. The van der Waals surface area contributed by atoms with Crippen LogP contribution in [0.2, 0.25) is 0 Å². The van der Waals surface area contributed by atoms with E-state index in [1.165, 1.54) is 0 Å². The molecule has 0 saturated carbocycles. The van der Waals surface area contributed by atoms with Crippen molar-refractivity contribution in [2.24, 2.45) is 0 Å². The summed E-state index contributed by atoms with van der Waals surface area (Å²) in [5.74, 6) is -1.49. The van der Waals surface area contributed by atoms with E-state index in [2.05, 4.69) is 14.7 Å². The van der Waals surface area contributed by atoms with Crippen LogP contribution in [0, 0.1) is 10.1 Å². The van der Waals surface area contributed by atoms with Crippen molar-refractivity contribution in [2.75, 3.05) is 14.2 Å². The van der Waals surface area contributed by atoms with Crippen molar-refractivity contribution in [1.82, 2.24) is 14.9 Å². The molecule has 0 aliphatic rings. The Hall–Kier alpha value is -2.45. The number of nitro groups is 1. The van der Waals surface area contributed by atoms with Gasteiger partial charge in [0.05, 0.1) is 7.11 Å². The summed E-state index contributed by atoms with van der Waals surface area (Å²) in [6, 6.07) is 0. The molecule has 1 N–H and O–H groups in total. The average Bonchev–Trinajstić information content (AvgIpc) is 2.74. The Morgan fingerprint density at radius 2 is 2.25 bits per heavy atom. The fraction of sp³-hybridized carbons (Fsp3) is 0.286. The molecule has 0 fully saturated rings. The van der Waals surface area contributed by atoms with Crippen molar-refractivity contribution < 1.29 is 19.2 Å². The van der Waals surface area contributed by atoms with Crippen molar-refractivity contribution in [3.8, 4) is 0 Å². The number of aromatic nitrogens is 2. The quantitative estimate of drug-likeness (QED) is 0.568. The molecule has 86 valence electrons. The number of imidazole rings is 1. The smallest absolute Gasteiger partial charge is 0.416 e. The second-order valence-electron chi connectivity index (χ2n) is 2.69. The van der Waals surface area contributed by atoms with E-state index in [9.17, 15) is 19.7 Å². The Kier molecular flexibility index (Phi) is 3.18. The van der Waals surface area contributed by atoms with Crippen LogP contribution in [0.1, 0.15) is 10.5 Å². The molecule has 1 heterocycles. The second-order valence-corrected chi connectivity index (χ2v) is 2.69. The van der Waals surface area contributed by atoms with Gasteiger partial charge in [0.2, 0.25) is 5.69 Å². The van der Waals surface area contributed by atoms with Gasteiger partial charge < -0.3 is 14.9 Å². The third-order valence-electron chi connectivity index (χ3n) is 1.76. The molecule has 16 heavy (non-hydrogen) atoms. The highest BCUT2D eigenvalue weighted by molar-refractivity contribution is 6.03. The standard InChI is InChI=1S/C7H8N4O5/c1-10(7(13)16-2)6(12)4-5(11(14)15)9-3-8-4/h3H,1-2H3,(H,8,9). The number of imide groups is 1. The van der Waals surface area contributed by atoms with Crippen LogP contribution >= 0.6 is 0 Å². The molecular weight excluding hydrogens is 220 g/mol. The van der Waals surface area contributed by atoms with E-state index < -0.39 is 28.4 Å². The van der Waals surface area contributed by atoms with Gasteiger partial charge in [-0.15, -0.1) is 0 Å². The predicted molar refractivity (Wildman–Crippen MR) is 49.7 cm³/mol. The monoisotopic (exact) mass is 228 g/mol. The Labute approximate surface area is 89.2 Å². The van der Waals surface area contributed by atoms with Gasteiger partial charge in [-0.1, -0.05) is 0 Å². The summed E-state index contributed by atoms with van der Waals surface area (Å²) in [6.45, 7) is 0. The van der Waals surface area contributed by atoms with Crippen molar-refractivity contribution in [3.63, 3.8) is 0 Å². The number of hydrogen-bond donors (Lipinski definition) is 1. The molecule has 0 aromatic carbocycles. The molecule has 0 atom stereocenters. The van der Waals surface area contributed by atoms with Crippen LogP contribution in [-0.4, -0.2) is 45.9 Å². The van der Waals surface area contributed by atoms with Crippen LogP contribution < -0.4 is 0 Å². The number of amides is 2. The second kappa shape index (κ2) is 4.38. The maximum atomic E-state index is 11.6. The van der Waals surface area contributed by atoms with E-state index in [1.54, 1.807) is 0 Å². The number of nitrogens with zero attached hydrogens (tertiary/aromatic N) is 3. The van der Waals surface area contributed by atoms with Crippen LogP contribution in [0.5, 0.6) is 0 Å². The van der Waals surface area contributed by atoms with Crippen LogP contribution in [0.4, 0.5) is 10.6 Å². The van der Waals surface area contributed by atoms with Gasteiger partial charge in [-0.3, -0.25) is 4.79 Å². The molecule has 9 nitrogen and oxygen atoms in total. The number of carbonyl (C=O) groups excluding carboxylic acids is 2. The van der Waals surface area contributed by atoms with E-state index in [4.69, 9.17) is 0 Å². The summed E-state index contributed by atoms with van der Waals surface area (Å²) in [5, 5.41) is 10.5. The highest BCUT2D eigenvalue weighted by Crippen LogP contribution is 2.14. The molecule has 2 amide bonds. The number of hydrogen-bond acceptors (Lipinski definition) is 6. The minimum atomic E-state index is -0.928. The summed E-state index contributed by atoms with van der Waals surface area (Å²) < 4.78 is 4.29. The molecule has 9 heteroatoms. The number of rotatable bonds is 2. The van der Waals surface area contributed by atoms with Gasteiger partial charge in [-0.2, -0.15) is 0 Å². The highest BCUT2D eigenvalue weighted by atomic mass is 16.6. The number of methoxy groups -OCH3 is 1. The molecule has 1 rings (SSSR count). The fourth-order valence-electron chi connectivity index (χ4n) is 0.962. The minimum absolute atomic E-state index is 0.446. The van der Waals surface area contributed by atoms with Gasteiger partial charge in [-0.25, -0.2) is 19.7 Å². The first-order valence-electron chi connectivity index (χ1n) is 4.02. The van der Waals surface area contributed by atoms with Gasteiger partial charge in [0.1, 0.15) is 0 Å². The maximum Gasteiger partial charge on any atom is 0.416 e. The fourth-order valence-corrected chi connectivity index (χ4v) is 0.962. The first-order valence-corrected chi connectivity index (χ1v) is 4.02. The van der Waals surface area contributed by atoms with E-state index in [0.29, 0.717) is 4.90 Å². The molecule has 1 aromatic rings. The van der Waals surface area contributed by atoms with Crippen LogP contribution in [0.15, 0.2) is 6.33 Å². The average molecular weight is 228 g/mol. The molecule has 0 unspecified atom stereocenters. The lowest BCUT2D eigenvalue weighted by molar-refractivity contribution is -0.389. The zero-order valence-electron chi connectivity index (χ0n) is 8.46. The minimum Gasteiger partial charge on any atom is -0.452 e. The van der Waals surface area contributed by atoms with Crippen LogP contribution in [0.3, 0.4) is 0 Å². The summed E-state index contributed by atoms with van der Waals surface area (Å²) in [6.07, 6.45) is 0.0681. The number of nitrogens with one attached hydrogen (secondary N) is 1. The largest absolute Gasteiger partial charge is 0.452 e. The van der Waals surface area contributed by atoms with Crippen molar-refractivity contribution >= 4 is 17.8 Å². The van der Waals surface area contributed by atoms with Crippen molar-refractivity contribution in [3.05, 3.63) is 22.1 Å². The van der Waals surface area contributed by atoms with Gasteiger partial charge in [0.25, 0.3) is 5.91 Å². The summed E-state index contributed by atoms with van der Waals surface area (Å²) in [4.78, 5) is 38.5. The maximum absolute atomic E-state index is 11.6. The van der Waals surface area contributed by atoms with E-state index in [1.807, 2.05) is 0 Å². The normalized spacial score (nSPS) is 9.62. The van der Waals surface area contributed by atoms with Gasteiger partial charge in [-0.05, 0) is 4.92 Å². The third-order valence-corrected chi connectivity index (χ3v) is 1.76. The van der Waals surface area contributed by atoms with Crippen LogP contribution in [0.25, 0.3) is 0 Å². The predicted octanol–water partition coefficient (Wildman–Crippen LogP) is 0.156. The highest BCUT2D eigenvalue weighted by Gasteiger charge is 2.28. The number of ether oxygens (including phenoxy) is 1. The van der Waals surface area contributed by atoms with E-state index >= 15 is 0 Å². The molecule has 0 radical (unpaired) electrons. The Morgan fingerprint density at radius 3 is 2.75 bits per heavy atom. The zero-order valence-corrected chi connectivity index (χ0v) is 8.46. The molecule has 0 spiro atoms. The Morgan fingerprint density at radius 1 is 1.62 bits per heavy atom. The molecule has 0 saturated heterocycles. The Bertz CT molecular complexity index is 440. The molecule has 1 aromatic heterocycles. The third kappa shape index (κ3) is 1.97. The first-order chi connectivity index (χ1) is 7.49. The first kappa shape index (κ1) is 11.6. The molecule has 0 aliphatic heterocycles. The summed E-state index contributed by atoms with van der Waals surface area (Å²) in [5.41, 5.74) is -0.446. The van der Waals surface area contributed by atoms with Gasteiger partial charge in [0.15, 0.2) is 6.33 Å². The number of carbonyl (C=O) groups is 2. The van der Waals surface area contributed by atoms with Gasteiger partial charge in [0, 0.05) is 7.05 Å².